The van der Waals surface area contributed by atoms with Gasteiger partial charge >= 0.3 is 0 Å². The van der Waals surface area contributed by atoms with Gasteiger partial charge < -0.3 is 4.57 Å². The second-order valence-electron chi connectivity index (χ2n) is 4.14. The normalized spacial score (nSPS) is 10.5. The highest BCUT2D eigenvalue weighted by Crippen LogP contribution is 2.17. The third kappa shape index (κ3) is 2.16. The first-order valence-corrected chi connectivity index (χ1v) is 6.10. The van der Waals surface area contributed by atoms with E-state index in [1.807, 2.05) is 22.8 Å². The van der Waals surface area contributed by atoms with E-state index in [0.717, 1.165) is 16.7 Å². The number of aromatic nitrogens is 3. The van der Waals surface area contributed by atoms with Crippen molar-refractivity contribution >= 4 is 22.8 Å². The van der Waals surface area contributed by atoms with Gasteiger partial charge in [-0.3, -0.25) is 0 Å². The molecule has 0 fully saturated rings. The van der Waals surface area contributed by atoms with Crippen molar-refractivity contribution in [2.75, 3.05) is 0 Å². The Morgan fingerprint density at radius 2 is 2.11 bits per heavy atom. The summed E-state index contributed by atoms with van der Waals surface area (Å²) in [7, 11) is 0. The molecule has 19 heavy (non-hydrogen) atoms. The molecular weight excluding hydrogens is 260 g/mol. The van der Waals surface area contributed by atoms with Gasteiger partial charge in [-0.25, -0.2) is 9.97 Å². The van der Waals surface area contributed by atoms with E-state index in [-0.39, 0.29) is 0 Å². The van der Waals surface area contributed by atoms with Gasteiger partial charge in [0.15, 0.2) is 5.65 Å². The van der Waals surface area contributed by atoms with E-state index in [1.54, 1.807) is 24.7 Å². The maximum atomic E-state index is 9.09. The van der Waals surface area contributed by atoms with Gasteiger partial charge in [0.25, 0.3) is 0 Å². The predicted molar refractivity (Wildman–Crippen MR) is 72.8 cm³/mol. The fourth-order valence-electron chi connectivity index (χ4n) is 1.99. The van der Waals surface area contributed by atoms with Gasteiger partial charge in [0.2, 0.25) is 0 Å². The van der Waals surface area contributed by atoms with E-state index in [1.165, 1.54) is 0 Å². The quantitative estimate of drug-likeness (QED) is 0.718. The number of hydrogen-bond acceptors (Lipinski definition) is 3. The lowest BCUT2D eigenvalue weighted by Gasteiger charge is -2.05. The zero-order valence-corrected chi connectivity index (χ0v) is 10.7. The smallest absolute Gasteiger partial charge is 0.160 e. The molecule has 0 unspecified atom stereocenters. The first kappa shape index (κ1) is 11.7. The molecule has 1 aromatic carbocycles. The summed E-state index contributed by atoms with van der Waals surface area (Å²) in [5, 5.41) is 9.65. The lowest BCUT2D eigenvalue weighted by molar-refractivity contribution is 0.812. The molecule has 0 aliphatic heterocycles. The standard InChI is InChI=1S/C14H9ClN4/c15-12-5-13-14(17-7-12)19(9-18-13)8-11-4-2-1-3-10(11)6-16/h1-5,7,9H,8H2. The summed E-state index contributed by atoms with van der Waals surface area (Å²) in [6, 6.07) is 11.5. The molecule has 3 rings (SSSR count). The summed E-state index contributed by atoms with van der Waals surface area (Å²) >= 11 is 5.88. The third-order valence-electron chi connectivity index (χ3n) is 2.90. The first-order valence-electron chi connectivity index (χ1n) is 5.72. The zero-order valence-electron chi connectivity index (χ0n) is 9.92. The maximum Gasteiger partial charge on any atom is 0.160 e. The average molecular weight is 269 g/mol. The highest BCUT2D eigenvalue weighted by molar-refractivity contribution is 6.31. The molecule has 0 bridgehead atoms. The van der Waals surface area contributed by atoms with E-state index in [2.05, 4.69) is 16.0 Å². The van der Waals surface area contributed by atoms with Crippen molar-refractivity contribution in [2.24, 2.45) is 0 Å². The van der Waals surface area contributed by atoms with Crippen LogP contribution in [-0.4, -0.2) is 14.5 Å². The number of benzene rings is 1. The molecule has 0 spiro atoms. The van der Waals surface area contributed by atoms with Crippen LogP contribution in [0, 0.1) is 11.3 Å². The Hall–Kier alpha value is -2.38. The third-order valence-corrected chi connectivity index (χ3v) is 3.11. The fraction of sp³-hybridized carbons (Fsp3) is 0.0714. The average Bonchev–Trinajstić information content (AvgIpc) is 2.82. The van der Waals surface area contributed by atoms with Crippen LogP contribution in [0.15, 0.2) is 42.9 Å². The lowest BCUT2D eigenvalue weighted by Crippen LogP contribution is -2.01. The molecule has 0 saturated heterocycles. The topological polar surface area (TPSA) is 54.5 Å². The van der Waals surface area contributed by atoms with Crippen molar-refractivity contribution in [3.63, 3.8) is 0 Å². The number of pyridine rings is 1. The molecule has 2 heterocycles. The summed E-state index contributed by atoms with van der Waals surface area (Å²) < 4.78 is 1.90. The molecule has 0 saturated carbocycles. The Kier molecular flexibility index (Phi) is 2.90. The van der Waals surface area contributed by atoms with Crippen LogP contribution in [0.3, 0.4) is 0 Å². The Balaban J connectivity index is 2.04. The van der Waals surface area contributed by atoms with Crippen LogP contribution < -0.4 is 0 Å². The van der Waals surface area contributed by atoms with Crippen LogP contribution in [0.1, 0.15) is 11.1 Å². The predicted octanol–water partition coefficient (Wildman–Crippen LogP) is 3.00. The molecule has 92 valence electrons. The number of halogens is 1. The number of imidazole rings is 1. The Morgan fingerprint density at radius 3 is 2.95 bits per heavy atom. The molecule has 0 radical (unpaired) electrons. The maximum absolute atomic E-state index is 9.09. The minimum atomic E-state index is 0.564. The van der Waals surface area contributed by atoms with Crippen molar-refractivity contribution in [3.05, 3.63) is 59.0 Å². The number of rotatable bonds is 2. The molecule has 4 nitrogen and oxygen atoms in total. The van der Waals surface area contributed by atoms with Crippen molar-refractivity contribution in [1.29, 1.82) is 5.26 Å². The van der Waals surface area contributed by atoms with Crippen LogP contribution in [-0.2, 0) is 6.54 Å². The molecular formula is C14H9ClN4. The van der Waals surface area contributed by atoms with Crippen molar-refractivity contribution in [2.45, 2.75) is 6.54 Å². The summed E-state index contributed by atoms with van der Waals surface area (Å²) in [5.41, 5.74) is 3.12. The molecule has 2 aromatic heterocycles. The van der Waals surface area contributed by atoms with Crippen molar-refractivity contribution in [1.82, 2.24) is 14.5 Å². The van der Waals surface area contributed by atoms with Gasteiger partial charge in [0.1, 0.15) is 5.52 Å². The van der Waals surface area contributed by atoms with Crippen molar-refractivity contribution in [3.8, 4) is 6.07 Å². The molecule has 0 amide bonds. The monoisotopic (exact) mass is 268 g/mol. The minimum Gasteiger partial charge on any atom is -0.311 e. The van der Waals surface area contributed by atoms with E-state index in [0.29, 0.717) is 17.1 Å². The SMILES string of the molecule is N#Cc1ccccc1Cn1cnc2cc(Cl)cnc21. The highest BCUT2D eigenvalue weighted by Gasteiger charge is 2.07. The number of fused-ring (bicyclic) bond motifs is 1. The van der Waals surface area contributed by atoms with Gasteiger partial charge in [-0.2, -0.15) is 5.26 Å². The van der Waals surface area contributed by atoms with Gasteiger partial charge in [0, 0.05) is 6.20 Å². The van der Waals surface area contributed by atoms with Crippen LogP contribution in [0.2, 0.25) is 5.02 Å². The number of nitrogens with zero attached hydrogens (tertiary/aromatic N) is 4. The second kappa shape index (κ2) is 4.71. The summed E-state index contributed by atoms with van der Waals surface area (Å²) in [4.78, 5) is 8.54. The van der Waals surface area contributed by atoms with Crippen LogP contribution >= 0.6 is 11.6 Å². The summed E-state index contributed by atoms with van der Waals surface area (Å²) in [6.07, 6.45) is 3.31. The Labute approximate surface area is 114 Å². The van der Waals surface area contributed by atoms with E-state index < -0.39 is 0 Å². The molecule has 0 atom stereocenters. The molecule has 0 aliphatic carbocycles. The lowest BCUT2D eigenvalue weighted by atomic mass is 10.1. The number of nitriles is 1. The second-order valence-corrected chi connectivity index (χ2v) is 4.57. The molecule has 3 aromatic rings. The van der Waals surface area contributed by atoms with Gasteiger partial charge in [-0.15, -0.1) is 0 Å². The van der Waals surface area contributed by atoms with Crippen LogP contribution in [0.5, 0.6) is 0 Å². The fourth-order valence-corrected chi connectivity index (χ4v) is 2.14. The molecule has 0 N–H and O–H groups in total. The molecule has 5 heteroatoms. The molecule has 0 aliphatic rings. The summed E-state index contributed by atoms with van der Waals surface area (Å²) in [5.74, 6) is 0. The van der Waals surface area contributed by atoms with E-state index in [9.17, 15) is 0 Å². The van der Waals surface area contributed by atoms with Gasteiger partial charge in [0.05, 0.1) is 29.5 Å². The highest BCUT2D eigenvalue weighted by atomic mass is 35.5. The van der Waals surface area contributed by atoms with E-state index in [4.69, 9.17) is 16.9 Å². The van der Waals surface area contributed by atoms with Crippen LogP contribution in [0.4, 0.5) is 0 Å². The minimum absolute atomic E-state index is 0.564. The van der Waals surface area contributed by atoms with E-state index >= 15 is 0 Å². The van der Waals surface area contributed by atoms with Crippen molar-refractivity contribution < 1.29 is 0 Å². The van der Waals surface area contributed by atoms with Gasteiger partial charge in [-0.1, -0.05) is 29.8 Å². The van der Waals surface area contributed by atoms with Crippen LogP contribution in [0.25, 0.3) is 11.2 Å². The van der Waals surface area contributed by atoms with Gasteiger partial charge in [-0.05, 0) is 17.7 Å². The Bertz CT molecular complexity index is 785. The number of hydrogen-bond donors (Lipinski definition) is 0. The first-order chi connectivity index (χ1) is 9.28. The zero-order chi connectivity index (χ0) is 13.2. The summed E-state index contributed by atoms with van der Waals surface area (Å²) in [6.45, 7) is 0.564. The Morgan fingerprint density at radius 1 is 1.26 bits per heavy atom. The largest absolute Gasteiger partial charge is 0.311 e.